The topological polar surface area (TPSA) is 92.9 Å². The molecule has 5 rings (SSSR count). The number of anilines is 1. The van der Waals surface area contributed by atoms with Gasteiger partial charge >= 0.3 is 6.36 Å². The number of rotatable bonds is 4. The average Bonchev–Trinajstić information content (AvgIpc) is 3.40. The van der Waals surface area contributed by atoms with E-state index in [1.807, 2.05) is 0 Å². The van der Waals surface area contributed by atoms with Gasteiger partial charge < -0.3 is 9.64 Å². The Kier molecular flexibility index (Phi) is 4.97. The second-order valence-corrected chi connectivity index (χ2v) is 9.54. The van der Waals surface area contributed by atoms with Crippen LogP contribution in [-0.2, 0) is 22.9 Å². The first-order valence-corrected chi connectivity index (χ1v) is 11.5. The number of nitrogens with zero attached hydrogens (tertiary/aromatic N) is 6. The van der Waals surface area contributed by atoms with E-state index in [2.05, 4.69) is 24.7 Å². The molecule has 0 unspecified atom stereocenters. The lowest BCUT2D eigenvalue weighted by Gasteiger charge is -2.36. The van der Waals surface area contributed by atoms with Crippen molar-refractivity contribution < 1.29 is 26.3 Å². The molecular formula is C19H19F3N6O3S. The molecule has 2 aliphatic rings. The maximum Gasteiger partial charge on any atom is 0.573 e. The number of piperazine rings is 1. The predicted molar refractivity (Wildman–Crippen MR) is 107 cm³/mol. The van der Waals surface area contributed by atoms with Gasteiger partial charge in [0, 0.05) is 37.8 Å². The zero-order valence-corrected chi connectivity index (χ0v) is 17.6. The largest absolute Gasteiger partial charge is 0.573 e. The Morgan fingerprint density at radius 2 is 1.84 bits per heavy atom. The molecule has 0 saturated carbocycles. The van der Waals surface area contributed by atoms with Gasteiger partial charge in [-0.3, -0.25) is 0 Å². The molecule has 170 valence electrons. The standard InChI is InChI=1S/C19H19F3N6O3S/c20-19(21,22)31-13-3-1-4-14(11-13)32(29,30)27-9-7-26(8-10-27)17-15-5-2-6-16(15)25-18-23-12-24-28(17)18/h1,3-4,11-12H,2,5-10H2. The lowest BCUT2D eigenvalue weighted by atomic mass is 10.2. The maximum absolute atomic E-state index is 13.0. The van der Waals surface area contributed by atoms with E-state index < -0.39 is 22.1 Å². The summed E-state index contributed by atoms with van der Waals surface area (Å²) in [6.07, 6.45) is -0.718. The highest BCUT2D eigenvalue weighted by molar-refractivity contribution is 7.89. The van der Waals surface area contributed by atoms with Crippen molar-refractivity contribution in [3.8, 4) is 5.75 Å². The van der Waals surface area contributed by atoms with Crippen LogP contribution in [0.4, 0.5) is 19.0 Å². The highest BCUT2D eigenvalue weighted by Crippen LogP contribution is 2.32. The number of hydrogen-bond acceptors (Lipinski definition) is 7. The normalized spacial score (nSPS) is 17.7. The van der Waals surface area contributed by atoms with Crippen LogP contribution in [0.3, 0.4) is 0 Å². The molecule has 1 aliphatic carbocycles. The van der Waals surface area contributed by atoms with Crippen LogP contribution in [0, 0.1) is 0 Å². The number of sulfonamides is 1. The lowest BCUT2D eigenvalue weighted by molar-refractivity contribution is -0.274. The van der Waals surface area contributed by atoms with Gasteiger partial charge in [-0.15, -0.1) is 13.2 Å². The van der Waals surface area contributed by atoms with E-state index in [0.29, 0.717) is 18.9 Å². The van der Waals surface area contributed by atoms with Crippen molar-refractivity contribution in [2.24, 2.45) is 0 Å². The predicted octanol–water partition coefficient (Wildman–Crippen LogP) is 2.02. The summed E-state index contributed by atoms with van der Waals surface area (Å²) in [6, 6.07) is 4.45. The zero-order chi connectivity index (χ0) is 22.5. The van der Waals surface area contributed by atoms with Crippen molar-refractivity contribution >= 4 is 21.6 Å². The van der Waals surface area contributed by atoms with Crippen molar-refractivity contribution in [1.29, 1.82) is 0 Å². The molecule has 0 spiro atoms. The van der Waals surface area contributed by atoms with E-state index in [0.717, 1.165) is 48.5 Å². The summed E-state index contributed by atoms with van der Waals surface area (Å²) < 4.78 is 70.4. The Morgan fingerprint density at radius 1 is 1.06 bits per heavy atom. The minimum Gasteiger partial charge on any atom is -0.406 e. The summed E-state index contributed by atoms with van der Waals surface area (Å²) in [5, 5.41) is 4.29. The lowest BCUT2D eigenvalue weighted by Crippen LogP contribution is -2.49. The van der Waals surface area contributed by atoms with E-state index in [9.17, 15) is 21.6 Å². The van der Waals surface area contributed by atoms with Crippen LogP contribution in [0.2, 0.25) is 0 Å². The first-order valence-electron chi connectivity index (χ1n) is 10.0. The molecule has 0 bridgehead atoms. The van der Waals surface area contributed by atoms with E-state index in [1.165, 1.54) is 22.8 Å². The summed E-state index contributed by atoms with van der Waals surface area (Å²) in [6.45, 7) is 1.17. The molecule has 0 atom stereocenters. The number of benzene rings is 1. The van der Waals surface area contributed by atoms with Crippen LogP contribution >= 0.6 is 0 Å². The summed E-state index contributed by atoms with van der Waals surface area (Å²) in [7, 11) is -3.98. The van der Waals surface area contributed by atoms with Gasteiger partial charge in [-0.25, -0.2) is 13.4 Å². The molecule has 32 heavy (non-hydrogen) atoms. The third-order valence-electron chi connectivity index (χ3n) is 5.64. The van der Waals surface area contributed by atoms with Crippen LogP contribution in [0.1, 0.15) is 17.7 Å². The van der Waals surface area contributed by atoms with Gasteiger partial charge in [0.15, 0.2) is 0 Å². The summed E-state index contributed by atoms with van der Waals surface area (Å²) in [5.41, 5.74) is 2.10. The number of fused-ring (bicyclic) bond motifs is 2. The summed E-state index contributed by atoms with van der Waals surface area (Å²) >= 11 is 0. The van der Waals surface area contributed by atoms with Crippen molar-refractivity contribution in [3.05, 3.63) is 41.9 Å². The average molecular weight is 468 g/mol. The van der Waals surface area contributed by atoms with E-state index >= 15 is 0 Å². The molecule has 9 nitrogen and oxygen atoms in total. The van der Waals surface area contributed by atoms with Crippen molar-refractivity contribution in [3.63, 3.8) is 0 Å². The fourth-order valence-electron chi connectivity index (χ4n) is 4.25. The fraction of sp³-hybridized carbons (Fsp3) is 0.421. The monoisotopic (exact) mass is 468 g/mol. The molecular weight excluding hydrogens is 449 g/mol. The molecule has 3 heterocycles. The number of alkyl halides is 3. The number of aromatic nitrogens is 4. The van der Waals surface area contributed by atoms with Crippen LogP contribution in [0.25, 0.3) is 5.78 Å². The van der Waals surface area contributed by atoms with Crippen LogP contribution in [0.5, 0.6) is 5.75 Å². The van der Waals surface area contributed by atoms with E-state index in [1.54, 1.807) is 4.52 Å². The number of aryl methyl sites for hydroxylation is 1. The minimum absolute atomic E-state index is 0.181. The van der Waals surface area contributed by atoms with Gasteiger partial charge in [0.1, 0.15) is 17.9 Å². The third-order valence-corrected chi connectivity index (χ3v) is 7.53. The van der Waals surface area contributed by atoms with Crippen molar-refractivity contribution in [2.75, 3.05) is 31.1 Å². The maximum atomic E-state index is 13.0. The van der Waals surface area contributed by atoms with Gasteiger partial charge in [0.05, 0.1) is 10.6 Å². The first kappa shape index (κ1) is 20.9. The second kappa shape index (κ2) is 7.59. The van der Waals surface area contributed by atoms with Crippen LogP contribution in [-0.4, -0.2) is 64.8 Å². The van der Waals surface area contributed by atoms with Crippen LogP contribution in [0.15, 0.2) is 35.5 Å². The molecule has 1 aliphatic heterocycles. The molecule has 0 N–H and O–H groups in total. The van der Waals surface area contributed by atoms with Crippen LogP contribution < -0.4 is 9.64 Å². The Morgan fingerprint density at radius 3 is 2.59 bits per heavy atom. The number of hydrogen-bond donors (Lipinski definition) is 0. The molecule has 13 heteroatoms. The minimum atomic E-state index is -4.90. The summed E-state index contributed by atoms with van der Waals surface area (Å²) in [4.78, 5) is 10.6. The highest BCUT2D eigenvalue weighted by atomic mass is 32.2. The Bertz CT molecular complexity index is 1270. The van der Waals surface area contributed by atoms with Gasteiger partial charge in [-0.05, 0) is 31.4 Å². The van der Waals surface area contributed by atoms with Crippen molar-refractivity contribution in [1.82, 2.24) is 23.9 Å². The molecule has 1 saturated heterocycles. The Labute approximate surface area is 181 Å². The van der Waals surface area contributed by atoms with E-state index in [-0.39, 0.29) is 18.0 Å². The third kappa shape index (κ3) is 3.75. The SMILES string of the molecule is O=S(=O)(c1cccc(OC(F)(F)F)c1)N1CCN(c2c3c(nc4ncnn24)CCC3)CC1. The molecule has 1 aromatic carbocycles. The Balaban J connectivity index is 1.37. The Hall–Kier alpha value is -2.93. The summed E-state index contributed by atoms with van der Waals surface area (Å²) in [5.74, 6) is 0.827. The fourth-order valence-corrected chi connectivity index (χ4v) is 5.71. The molecule has 0 amide bonds. The zero-order valence-electron chi connectivity index (χ0n) is 16.8. The highest BCUT2D eigenvalue weighted by Gasteiger charge is 2.34. The van der Waals surface area contributed by atoms with Gasteiger partial charge in [0.25, 0.3) is 5.78 Å². The second-order valence-electron chi connectivity index (χ2n) is 7.60. The number of halogens is 3. The van der Waals surface area contributed by atoms with Crippen molar-refractivity contribution in [2.45, 2.75) is 30.5 Å². The van der Waals surface area contributed by atoms with Gasteiger partial charge in [-0.1, -0.05) is 6.07 Å². The number of ether oxygens (including phenoxy) is 1. The molecule has 1 fully saturated rings. The van der Waals surface area contributed by atoms with Gasteiger partial charge in [-0.2, -0.15) is 18.9 Å². The molecule has 2 aromatic heterocycles. The van der Waals surface area contributed by atoms with E-state index in [4.69, 9.17) is 0 Å². The quantitative estimate of drug-likeness (QED) is 0.579. The molecule has 0 radical (unpaired) electrons. The van der Waals surface area contributed by atoms with Gasteiger partial charge in [0.2, 0.25) is 10.0 Å². The smallest absolute Gasteiger partial charge is 0.406 e. The first-order chi connectivity index (χ1) is 15.2. The molecule has 3 aromatic rings.